The second kappa shape index (κ2) is 6.81. The summed E-state index contributed by atoms with van der Waals surface area (Å²) in [6.07, 6.45) is 3.69. The van der Waals surface area contributed by atoms with Gasteiger partial charge in [-0.25, -0.2) is 9.48 Å². The summed E-state index contributed by atoms with van der Waals surface area (Å²) in [4.78, 5) is 24.7. The number of amides is 1. The third-order valence-electron chi connectivity index (χ3n) is 5.56. The maximum atomic E-state index is 12.7. The average molecular weight is 371 g/mol. The van der Waals surface area contributed by atoms with Crippen LogP contribution in [-0.2, 0) is 9.53 Å². The third kappa shape index (κ3) is 3.12. The molecule has 7 heteroatoms. The van der Waals surface area contributed by atoms with E-state index in [2.05, 4.69) is 10.4 Å². The molecule has 1 aromatic carbocycles. The Labute approximate surface area is 158 Å². The fraction of sp³-hybridized carbons (Fsp3) is 0.450. The highest BCUT2D eigenvalue weighted by atomic mass is 16.5. The van der Waals surface area contributed by atoms with Crippen molar-refractivity contribution in [2.75, 3.05) is 6.61 Å². The quantitative estimate of drug-likeness (QED) is 0.814. The molecular formula is C20H25N3O4. The van der Waals surface area contributed by atoms with Crippen molar-refractivity contribution in [1.82, 2.24) is 15.1 Å². The predicted molar refractivity (Wildman–Crippen MR) is 99.9 cm³/mol. The lowest BCUT2D eigenvalue weighted by atomic mass is 9.54. The third-order valence-corrected chi connectivity index (χ3v) is 5.56. The van der Waals surface area contributed by atoms with Gasteiger partial charge in [-0.2, -0.15) is 5.10 Å². The van der Waals surface area contributed by atoms with Crippen LogP contribution in [0.3, 0.4) is 0 Å². The standard InChI is InChI=1S/C20H25N3O4/c1-5-27-16-10-20(18(25)26,19(16,3)4)22-17(24)14-6-8-15(9-7-14)23-12-13(2)11-21-23/h6-9,11-12,16H,5,10H2,1-4H3,(H,22,24)(H,25,26). The molecule has 0 bridgehead atoms. The Hall–Kier alpha value is -2.67. The van der Waals surface area contributed by atoms with E-state index >= 15 is 0 Å². The van der Waals surface area contributed by atoms with Crippen molar-refractivity contribution >= 4 is 11.9 Å². The number of aromatic nitrogens is 2. The van der Waals surface area contributed by atoms with Crippen molar-refractivity contribution in [2.24, 2.45) is 5.41 Å². The number of hydrogen-bond donors (Lipinski definition) is 2. The molecule has 2 N–H and O–H groups in total. The molecule has 0 radical (unpaired) electrons. The Bertz CT molecular complexity index is 856. The molecule has 7 nitrogen and oxygen atoms in total. The minimum absolute atomic E-state index is 0.204. The van der Waals surface area contributed by atoms with Crippen molar-refractivity contribution in [1.29, 1.82) is 0 Å². The van der Waals surface area contributed by atoms with Crippen LogP contribution in [-0.4, -0.2) is 45.0 Å². The minimum Gasteiger partial charge on any atom is -0.479 e. The van der Waals surface area contributed by atoms with Gasteiger partial charge in [-0.15, -0.1) is 0 Å². The molecule has 1 saturated carbocycles. The molecule has 2 unspecified atom stereocenters. The summed E-state index contributed by atoms with van der Waals surface area (Å²) in [5.41, 5.74) is 0.210. The van der Waals surface area contributed by atoms with E-state index in [0.29, 0.717) is 12.2 Å². The summed E-state index contributed by atoms with van der Waals surface area (Å²) in [6.45, 7) is 7.96. The molecule has 1 heterocycles. The average Bonchev–Trinajstić information content (AvgIpc) is 3.06. The Morgan fingerprint density at radius 1 is 1.33 bits per heavy atom. The van der Waals surface area contributed by atoms with E-state index in [9.17, 15) is 14.7 Å². The van der Waals surface area contributed by atoms with Crippen LogP contribution in [0.1, 0.15) is 43.1 Å². The zero-order chi connectivity index (χ0) is 19.8. The largest absolute Gasteiger partial charge is 0.479 e. The highest BCUT2D eigenvalue weighted by molar-refractivity contribution is 5.98. The van der Waals surface area contributed by atoms with Crippen LogP contribution in [0, 0.1) is 12.3 Å². The van der Waals surface area contributed by atoms with Gasteiger partial charge in [-0.3, -0.25) is 4.79 Å². The number of carbonyl (C=O) groups is 2. The summed E-state index contributed by atoms with van der Waals surface area (Å²) in [6, 6.07) is 6.90. The van der Waals surface area contributed by atoms with E-state index in [-0.39, 0.29) is 12.5 Å². The number of aliphatic carboxylic acids is 1. The molecule has 1 fully saturated rings. The van der Waals surface area contributed by atoms with Crippen molar-refractivity contribution in [3.05, 3.63) is 47.8 Å². The van der Waals surface area contributed by atoms with Crippen LogP contribution in [0.15, 0.2) is 36.7 Å². The van der Waals surface area contributed by atoms with Gasteiger partial charge in [0, 0.05) is 30.2 Å². The molecule has 1 aromatic heterocycles. The molecule has 2 aromatic rings. The lowest BCUT2D eigenvalue weighted by Crippen LogP contribution is -2.76. The first-order chi connectivity index (χ1) is 12.7. The van der Waals surface area contributed by atoms with Gasteiger partial charge in [0.05, 0.1) is 18.0 Å². The second-order valence-corrected chi connectivity index (χ2v) is 7.54. The number of nitrogens with one attached hydrogen (secondary N) is 1. The van der Waals surface area contributed by atoms with E-state index in [1.165, 1.54) is 0 Å². The number of hydrogen-bond acceptors (Lipinski definition) is 4. The predicted octanol–water partition coefficient (Wildman–Crippen LogP) is 2.57. The fourth-order valence-corrected chi connectivity index (χ4v) is 3.62. The monoisotopic (exact) mass is 371 g/mol. The van der Waals surface area contributed by atoms with E-state index < -0.39 is 22.8 Å². The van der Waals surface area contributed by atoms with Crippen LogP contribution in [0.5, 0.6) is 0 Å². The molecule has 2 atom stereocenters. The van der Waals surface area contributed by atoms with E-state index in [0.717, 1.165) is 11.3 Å². The molecule has 27 heavy (non-hydrogen) atoms. The number of carbonyl (C=O) groups excluding carboxylic acids is 1. The molecule has 0 spiro atoms. The molecule has 0 aliphatic heterocycles. The van der Waals surface area contributed by atoms with E-state index in [1.807, 2.05) is 33.9 Å². The summed E-state index contributed by atoms with van der Waals surface area (Å²) in [5, 5.41) is 16.8. The van der Waals surface area contributed by atoms with Crippen molar-refractivity contribution in [3.63, 3.8) is 0 Å². The van der Waals surface area contributed by atoms with E-state index in [1.54, 1.807) is 35.1 Å². The maximum Gasteiger partial charge on any atom is 0.330 e. The SMILES string of the molecule is CCOC1CC(NC(=O)c2ccc(-n3cc(C)cn3)cc2)(C(=O)O)C1(C)C. The first kappa shape index (κ1) is 19.1. The lowest BCUT2D eigenvalue weighted by molar-refractivity contribution is -0.190. The summed E-state index contributed by atoms with van der Waals surface area (Å²) in [5.74, 6) is -1.45. The number of ether oxygens (including phenoxy) is 1. The van der Waals surface area contributed by atoms with Crippen LogP contribution >= 0.6 is 0 Å². The van der Waals surface area contributed by atoms with Gasteiger partial charge in [-0.1, -0.05) is 13.8 Å². The van der Waals surface area contributed by atoms with Crippen LogP contribution in [0.2, 0.25) is 0 Å². The summed E-state index contributed by atoms with van der Waals surface area (Å²) < 4.78 is 7.35. The van der Waals surface area contributed by atoms with Crippen LogP contribution in [0.4, 0.5) is 0 Å². The molecule has 1 aliphatic rings. The number of carboxylic acids is 1. The molecule has 1 amide bonds. The van der Waals surface area contributed by atoms with E-state index in [4.69, 9.17) is 4.74 Å². The number of benzene rings is 1. The van der Waals surface area contributed by atoms with Gasteiger partial charge in [0.25, 0.3) is 5.91 Å². The minimum atomic E-state index is -1.35. The fourth-order valence-electron chi connectivity index (χ4n) is 3.62. The number of aryl methyl sites for hydroxylation is 1. The van der Waals surface area contributed by atoms with Gasteiger partial charge in [0.2, 0.25) is 0 Å². The Balaban J connectivity index is 1.78. The van der Waals surface area contributed by atoms with Gasteiger partial charge in [0.1, 0.15) is 5.54 Å². The number of carboxylic acid groups (broad SMARTS) is 1. The van der Waals surface area contributed by atoms with Crippen molar-refractivity contribution in [3.8, 4) is 5.69 Å². The Morgan fingerprint density at radius 2 is 2.00 bits per heavy atom. The van der Waals surface area contributed by atoms with Gasteiger partial charge in [0.15, 0.2) is 0 Å². The normalized spacial score (nSPS) is 23.5. The van der Waals surface area contributed by atoms with Crippen LogP contribution in [0.25, 0.3) is 5.69 Å². The summed E-state index contributed by atoms with van der Waals surface area (Å²) >= 11 is 0. The highest BCUT2D eigenvalue weighted by Gasteiger charge is 2.66. The van der Waals surface area contributed by atoms with Gasteiger partial charge < -0.3 is 15.2 Å². The lowest BCUT2D eigenvalue weighted by Gasteiger charge is -2.58. The maximum absolute atomic E-state index is 12.7. The first-order valence-corrected chi connectivity index (χ1v) is 9.00. The Morgan fingerprint density at radius 3 is 2.48 bits per heavy atom. The summed E-state index contributed by atoms with van der Waals surface area (Å²) in [7, 11) is 0. The molecule has 3 rings (SSSR count). The van der Waals surface area contributed by atoms with Gasteiger partial charge >= 0.3 is 5.97 Å². The smallest absolute Gasteiger partial charge is 0.330 e. The Kier molecular flexibility index (Phi) is 4.82. The first-order valence-electron chi connectivity index (χ1n) is 9.00. The highest BCUT2D eigenvalue weighted by Crippen LogP contribution is 2.51. The molecule has 144 valence electrons. The zero-order valence-electron chi connectivity index (χ0n) is 16.0. The molecule has 0 saturated heterocycles. The molecule has 1 aliphatic carbocycles. The number of rotatable bonds is 6. The zero-order valence-corrected chi connectivity index (χ0v) is 16.0. The number of nitrogens with zero attached hydrogens (tertiary/aromatic N) is 2. The molecular weight excluding hydrogens is 346 g/mol. The second-order valence-electron chi connectivity index (χ2n) is 7.54. The van der Waals surface area contributed by atoms with Crippen molar-refractivity contribution < 1.29 is 19.4 Å². The topological polar surface area (TPSA) is 93.5 Å². The van der Waals surface area contributed by atoms with Gasteiger partial charge in [-0.05, 0) is 43.7 Å². The van der Waals surface area contributed by atoms with Crippen LogP contribution < -0.4 is 5.32 Å². The van der Waals surface area contributed by atoms with Crippen molar-refractivity contribution in [2.45, 2.75) is 45.8 Å².